The maximum absolute atomic E-state index is 11.8. The van der Waals surface area contributed by atoms with Crippen LogP contribution in [-0.2, 0) is 10.2 Å². The van der Waals surface area contributed by atoms with Gasteiger partial charge in [0.2, 0.25) is 23.4 Å². The number of nitrogens with zero attached hydrogens (tertiary/aromatic N) is 4. The van der Waals surface area contributed by atoms with E-state index in [2.05, 4.69) is 56.1 Å². The van der Waals surface area contributed by atoms with E-state index in [0.29, 0.717) is 44.4 Å². The van der Waals surface area contributed by atoms with E-state index in [1.54, 1.807) is 6.08 Å². The van der Waals surface area contributed by atoms with Crippen LogP contribution in [0.4, 0.5) is 5.88 Å². The zero-order valence-corrected chi connectivity index (χ0v) is 17.6. The number of oxazole rings is 1. The van der Waals surface area contributed by atoms with E-state index in [1.165, 1.54) is 5.56 Å². The Kier molecular flexibility index (Phi) is 6.07. The molecular weight excluding hydrogens is 364 g/mol. The van der Waals surface area contributed by atoms with Gasteiger partial charge in [0.25, 0.3) is 0 Å². The lowest BCUT2D eigenvalue weighted by Crippen LogP contribution is -2.48. The molecule has 0 N–H and O–H groups in total. The molecule has 2 heterocycles. The van der Waals surface area contributed by atoms with Crippen LogP contribution in [0.15, 0.2) is 28.7 Å². The molecule has 1 aliphatic heterocycles. The highest BCUT2D eigenvalue weighted by atomic mass is 16.4. The van der Waals surface area contributed by atoms with Crippen molar-refractivity contribution < 1.29 is 9.21 Å². The Morgan fingerprint density at radius 1 is 1.17 bits per heavy atom. The fourth-order valence-corrected chi connectivity index (χ4v) is 3.33. The van der Waals surface area contributed by atoms with Crippen LogP contribution in [0.25, 0.3) is 12.2 Å². The highest BCUT2D eigenvalue weighted by molar-refractivity contribution is 5.76. The summed E-state index contributed by atoms with van der Waals surface area (Å²) in [5.74, 6) is 1.05. The van der Waals surface area contributed by atoms with E-state index < -0.39 is 0 Å². The molecule has 29 heavy (non-hydrogen) atoms. The molecule has 1 saturated heterocycles. The molecule has 0 saturated carbocycles. The van der Waals surface area contributed by atoms with E-state index in [-0.39, 0.29) is 17.0 Å². The maximum atomic E-state index is 11.8. The maximum Gasteiger partial charge on any atom is 0.235 e. The number of hydrogen-bond acceptors (Lipinski definition) is 5. The Morgan fingerprint density at radius 3 is 2.38 bits per heavy atom. The normalized spacial score (nSPS) is 15.0. The number of benzene rings is 1. The van der Waals surface area contributed by atoms with Crippen molar-refractivity contribution in [2.45, 2.75) is 39.5 Å². The van der Waals surface area contributed by atoms with Crippen molar-refractivity contribution in [2.24, 2.45) is 0 Å². The summed E-state index contributed by atoms with van der Waals surface area (Å²) in [4.78, 5) is 20.0. The molecule has 6 heteroatoms. The molecule has 1 aromatic carbocycles. The zero-order chi connectivity index (χ0) is 21.0. The highest BCUT2D eigenvalue weighted by Crippen LogP contribution is 2.25. The van der Waals surface area contributed by atoms with Gasteiger partial charge in [-0.25, -0.2) is 0 Å². The number of carbonyl (C=O) groups excluding carboxylic acids is 1. The first kappa shape index (κ1) is 20.7. The summed E-state index contributed by atoms with van der Waals surface area (Å²) in [6.07, 6.45) is 4.23. The number of nitriles is 1. The van der Waals surface area contributed by atoms with Crippen LogP contribution in [0, 0.1) is 11.3 Å². The predicted molar refractivity (Wildman–Crippen MR) is 114 cm³/mol. The molecule has 0 aliphatic carbocycles. The number of amides is 1. The fourth-order valence-electron chi connectivity index (χ4n) is 3.33. The van der Waals surface area contributed by atoms with Gasteiger partial charge in [-0.3, -0.25) is 4.79 Å². The second kappa shape index (κ2) is 8.52. The van der Waals surface area contributed by atoms with Crippen LogP contribution in [0.2, 0.25) is 0 Å². The number of anilines is 1. The Bertz CT molecular complexity index is 921. The number of rotatable bonds is 4. The SMILES string of the molecule is CCC(=O)N1CCN(c2oc(/C=C/c3ccc(C(C)(C)C)cc3)nc2C#N)CC1. The Labute approximate surface area is 172 Å². The monoisotopic (exact) mass is 392 g/mol. The predicted octanol–water partition coefficient (Wildman–Crippen LogP) is 4.07. The van der Waals surface area contributed by atoms with E-state index >= 15 is 0 Å². The van der Waals surface area contributed by atoms with Gasteiger partial charge in [-0.1, -0.05) is 52.0 Å². The van der Waals surface area contributed by atoms with Crippen LogP contribution in [0.5, 0.6) is 0 Å². The van der Waals surface area contributed by atoms with Crippen molar-refractivity contribution in [1.29, 1.82) is 5.26 Å². The second-order valence-corrected chi connectivity index (χ2v) is 8.24. The first-order valence-corrected chi connectivity index (χ1v) is 10.0. The molecule has 0 radical (unpaired) electrons. The number of aromatic nitrogens is 1. The third kappa shape index (κ3) is 4.86. The lowest BCUT2D eigenvalue weighted by Gasteiger charge is -2.34. The van der Waals surface area contributed by atoms with Crippen LogP contribution >= 0.6 is 0 Å². The van der Waals surface area contributed by atoms with Crippen molar-refractivity contribution in [2.75, 3.05) is 31.1 Å². The highest BCUT2D eigenvalue weighted by Gasteiger charge is 2.25. The average molecular weight is 393 g/mol. The standard InChI is InChI=1S/C23H28N4O2/c1-5-21(28)26-12-14-27(15-13-26)22-19(16-24)25-20(29-22)11-8-17-6-9-18(10-7-17)23(2,3)4/h6-11H,5,12-15H2,1-4H3/b11-8+. The summed E-state index contributed by atoms with van der Waals surface area (Å²) >= 11 is 0. The molecule has 1 aliphatic rings. The molecule has 3 rings (SSSR count). The molecule has 152 valence electrons. The van der Waals surface area contributed by atoms with Crippen LogP contribution < -0.4 is 4.90 Å². The van der Waals surface area contributed by atoms with Gasteiger partial charge in [-0.05, 0) is 22.6 Å². The minimum atomic E-state index is 0.118. The topological polar surface area (TPSA) is 73.4 Å². The Balaban J connectivity index is 1.71. The fraction of sp³-hybridized carbons (Fsp3) is 0.435. The largest absolute Gasteiger partial charge is 0.420 e. The summed E-state index contributed by atoms with van der Waals surface area (Å²) in [6.45, 7) is 11.0. The van der Waals surface area contributed by atoms with Crippen LogP contribution in [0.3, 0.4) is 0 Å². The van der Waals surface area contributed by atoms with E-state index in [1.807, 2.05) is 22.8 Å². The Morgan fingerprint density at radius 2 is 1.83 bits per heavy atom. The van der Waals surface area contributed by atoms with Crippen molar-refractivity contribution in [3.8, 4) is 6.07 Å². The molecule has 0 unspecified atom stereocenters. The molecule has 2 aromatic rings. The average Bonchev–Trinajstić information content (AvgIpc) is 3.15. The molecule has 0 bridgehead atoms. The minimum absolute atomic E-state index is 0.118. The summed E-state index contributed by atoms with van der Waals surface area (Å²) in [5, 5.41) is 9.44. The van der Waals surface area contributed by atoms with Crippen LogP contribution in [-0.4, -0.2) is 42.0 Å². The van der Waals surface area contributed by atoms with E-state index in [0.717, 1.165) is 5.56 Å². The van der Waals surface area contributed by atoms with Crippen molar-refractivity contribution >= 4 is 23.9 Å². The molecule has 1 amide bonds. The third-order valence-corrected chi connectivity index (χ3v) is 5.15. The number of carbonyl (C=O) groups is 1. The van der Waals surface area contributed by atoms with Gasteiger partial charge in [0.05, 0.1) is 0 Å². The number of hydrogen-bond donors (Lipinski definition) is 0. The summed E-state index contributed by atoms with van der Waals surface area (Å²) in [5.41, 5.74) is 2.72. The second-order valence-electron chi connectivity index (χ2n) is 8.24. The third-order valence-electron chi connectivity index (χ3n) is 5.15. The van der Waals surface area contributed by atoms with Gasteiger partial charge < -0.3 is 14.2 Å². The van der Waals surface area contributed by atoms with Crippen molar-refractivity contribution in [3.63, 3.8) is 0 Å². The Hall–Kier alpha value is -3.07. The van der Waals surface area contributed by atoms with Gasteiger partial charge in [-0.2, -0.15) is 10.2 Å². The molecular formula is C23H28N4O2. The quantitative estimate of drug-likeness (QED) is 0.784. The minimum Gasteiger partial charge on any atom is -0.420 e. The lowest BCUT2D eigenvalue weighted by molar-refractivity contribution is -0.131. The zero-order valence-electron chi connectivity index (χ0n) is 17.6. The summed E-state index contributed by atoms with van der Waals surface area (Å²) < 4.78 is 5.87. The molecule has 6 nitrogen and oxygen atoms in total. The lowest BCUT2D eigenvalue weighted by atomic mass is 9.87. The summed E-state index contributed by atoms with van der Waals surface area (Å²) in [7, 11) is 0. The van der Waals surface area contributed by atoms with E-state index in [9.17, 15) is 10.1 Å². The molecule has 1 fully saturated rings. The smallest absolute Gasteiger partial charge is 0.235 e. The van der Waals surface area contributed by atoms with Crippen molar-refractivity contribution in [1.82, 2.24) is 9.88 Å². The van der Waals surface area contributed by atoms with Gasteiger partial charge in [0.1, 0.15) is 6.07 Å². The molecule has 0 atom stereocenters. The first-order valence-electron chi connectivity index (χ1n) is 10.0. The molecule has 0 spiro atoms. The number of piperazine rings is 1. The summed E-state index contributed by atoms with van der Waals surface area (Å²) in [6, 6.07) is 10.5. The van der Waals surface area contributed by atoms with Gasteiger partial charge >= 0.3 is 0 Å². The molecule has 1 aromatic heterocycles. The van der Waals surface area contributed by atoms with Crippen molar-refractivity contribution in [3.05, 3.63) is 47.0 Å². The van der Waals surface area contributed by atoms with E-state index in [4.69, 9.17) is 4.42 Å². The van der Waals surface area contributed by atoms with Gasteiger partial charge in [0, 0.05) is 38.7 Å². The van der Waals surface area contributed by atoms with Crippen LogP contribution in [0.1, 0.15) is 56.8 Å². The van der Waals surface area contributed by atoms with Gasteiger partial charge in [0.15, 0.2) is 0 Å². The first-order chi connectivity index (χ1) is 13.8. The van der Waals surface area contributed by atoms with Gasteiger partial charge in [-0.15, -0.1) is 0 Å².